The molecule has 2 aromatic heterocycles. The van der Waals surface area contributed by atoms with Gasteiger partial charge in [-0.15, -0.1) is 0 Å². The molecule has 3 heterocycles. The fraction of sp³-hybridized carbons (Fsp3) is 0.172. The molecule has 0 N–H and O–H groups in total. The highest BCUT2D eigenvalue weighted by Gasteiger charge is 2.33. The highest BCUT2D eigenvalue weighted by Crippen LogP contribution is 2.32. The van der Waals surface area contributed by atoms with Crippen LogP contribution in [0.3, 0.4) is 0 Å². The Morgan fingerprint density at radius 1 is 1.13 bits per heavy atom. The van der Waals surface area contributed by atoms with Crippen LogP contribution >= 0.6 is 22.9 Å². The predicted molar refractivity (Wildman–Crippen MR) is 147 cm³/mol. The van der Waals surface area contributed by atoms with Crippen LogP contribution in [0.4, 0.5) is 0 Å². The summed E-state index contributed by atoms with van der Waals surface area (Å²) < 4.78 is 18.3. The van der Waals surface area contributed by atoms with Gasteiger partial charge < -0.3 is 13.9 Å². The first-order chi connectivity index (χ1) is 18.8. The lowest BCUT2D eigenvalue weighted by Crippen LogP contribution is -2.39. The number of allylic oxidation sites excluding steroid dienone is 1. The third-order valence-corrected chi connectivity index (χ3v) is 7.33. The summed E-state index contributed by atoms with van der Waals surface area (Å²) in [5.41, 5.74) is 1.75. The maximum Gasteiger partial charge on any atom is 0.338 e. The van der Waals surface area contributed by atoms with Crippen LogP contribution in [0.15, 0.2) is 86.1 Å². The van der Waals surface area contributed by atoms with Crippen molar-refractivity contribution >= 4 is 41.0 Å². The number of esters is 2. The Labute approximate surface area is 232 Å². The molecule has 0 unspecified atom stereocenters. The summed E-state index contributed by atoms with van der Waals surface area (Å²) in [5, 5.41) is 0.555. The van der Waals surface area contributed by atoms with E-state index in [-0.39, 0.29) is 17.7 Å². The quantitative estimate of drug-likeness (QED) is 0.251. The highest BCUT2D eigenvalue weighted by molar-refractivity contribution is 7.07. The smallest absolute Gasteiger partial charge is 0.338 e. The van der Waals surface area contributed by atoms with Gasteiger partial charge in [-0.25, -0.2) is 9.79 Å². The third-order valence-electron chi connectivity index (χ3n) is 6.01. The summed E-state index contributed by atoms with van der Waals surface area (Å²) in [6, 6.07) is 16.7. The van der Waals surface area contributed by atoms with Crippen molar-refractivity contribution in [3.63, 3.8) is 0 Å². The maximum atomic E-state index is 13.8. The van der Waals surface area contributed by atoms with Gasteiger partial charge in [-0.05, 0) is 55.8 Å². The zero-order chi connectivity index (χ0) is 27.7. The fourth-order valence-electron chi connectivity index (χ4n) is 4.36. The van der Waals surface area contributed by atoms with Crippen LogP contribution in [-0.4, -0.2) is 23.1 Å². The van der Waals surface area contributed by atoms with Gasteiger partial charge >= 0.3 is 11.9 Å². The van der Waals surface area contributed by atoms with E-state index in [0.29, 0.717) is 42.9 Å². The summed E-state index contributed by atoms with van der Waals surface area (Å²) in [7, 11) is 0. The van der Waals surface area contributed by atoms with Crippen LogP contribution in [0.2, 0.25) is 5.02 Å². The number of halogens is 1. The number of aromatic nitrogens is 1. The molecule has 1 aliphatic heterocycles. The van der Waals surface area contributed by atoms with Crippen molar-refractivity contribution in [2.24, 2.45) is 4.99 Å². The van der Waals surface area contributed by atoms with Gasteiger partial charge in [0.1, 0.15) is 17.3 Å². The molecule has 10 heteroatoms. The Bertz CT molecular complexity index is 1800. The van der Waals surface area contributed by atoms with Gasteiger partial charge in [0, 0.05) is 18.6 Å². The number of rotatable bonds is 6. The summed E-state index contributed by atoms with van der Waals surface area (Å²) in [6.45, 7) is 4.91. The second-order valence-corrected chi connectivity index (χ2v) is 10.1. The molecule has 0 radical (unpaired) electrons. The molecule has 0 saturated heterocycles. The average Bonchev–Trinajstić information content (AvgIpc) is 3.48. The van der Waals surface area contributed by atoms with Gasteiger partial charge in [-0.2, -0.15) is 0 Å². The monoisotopic (exact) mass is 562 g/mol. The third kappa shape index (κ3) is 5.23. The first-order valence-electron chi connectivity index (χ1n) is 12.1. The lowest BCUT2D eigenvalue weighted by molar-refractivity contribution is -0.139. The second kappa shape index (κ2) is 10.9. The highest BCUT2D eigenvalue weighted by atomic mass is 35.5. The van der Waals surface area contributed by atoms with Crippen molar-refractivity contribution in [1.29, 1.82) is 0 Å². The van der Waals surface area contributed by atoms with E-state index in [1.807, 2.05) is 18.2 Å². The number of furan rings is 1. The van der Waals surface area contributed by atoms with Crippen LogP contribution in [0.25, 0.3) is 17.4 Å². The zero-order valence-electron chi connectivity index (χ0n) is 21.3. The minimum Gasteiger partial charge on any atom is -0.463 e. The van der Waals surface area contributed by atoms with E-state index in [9.17, 15) is 14.4 Å². The zero-order valence-corrected chi connectivity index (χ0v) is 22.8. The molecule has 0 spiro atoms. The van der Waals surface area contributed by atoms with Gasteiger partial charge in [-0.3, -0.25) is 14.2 Å². The SMILES string of the molecule is CCOC(=O)C1=C(C)N=c2sc(=Cc3ccc(-c4ccccc4Cl)o3)c(=O)n2[C@@H]1c1ccc(OC(C)=O)cc1. The van der Waals surface area contributed by atoms with Gasteiger partial charge in [0.2, 0.25) is 0 Å². The lowest BCUT2D eigenvalue weighted by atomic mass is 9.96. The number of hydrogen-bond acceptors (Lipinski definition) is 8. The lowest BCUT2D eigenvalue weighted by Gasteiger charge is -2.24. The molecule has 5 rings (SSSR count). The number of carbonyl (C=O) groups excluding carboxylic acids is 2. The van der Waals surface area contributed by atoms with E-state index >= 15 is 0 Å². The molecule has 0 saturated carbocycles. The van der Waals surface area contributed by atoms with Gasteiger partial charge in [0.05, 0.1) is 33.5 Å². The molecule has 8 nitrogen and oxygen atoms in total. The molecule has 0 bridgehead atoms. The van der Waals surface area contributed by atoms with Crippen LogP contribution in [-0.2, 0) is 14.3 Å². The molecule has 39 heavy (non-hydrogen) atoms. The van der Waals surface area contributed by atoms with Crippen molar-refractivity contribution < 1.29 is 23.5 Å². The standard InChI is InChI=1S/C29H23ClN2O6S/c1-4-36-28(35)25-16(2)31-29-32(26(25)18-9-11-19(12-10-18)37-17(3)33)27(34)24(39-29)15-20-13-14-23(38-20)21-7-5-6-8-22(21)30/h5-15,26H,4H2,1-3H3/t26-/m1/s1. The molecule has 4 aromatic rings. The number of nitrogens with zero attached hydrogens (tertiary/aromatic N) is 2. The van der Waals surface area contributed by atoms with E-state index in [0.717, 1.165) is 5.56 Å². The number of thiazole rings is 1. The topological polar surface area (TPSA) is 100 Å². The van der Waals surface area contributed by atoms with Gasteiger partial charge in [0.25, 0.3) is 5.56 Å². The van der Waals surface area contributed by atoms with E-state index < -0.39 is 18.0 Å². The van der Waals surface area contributed by atoms with Crippen LogP contribution in [0.5, 0.6) is 5.75 Å². The molecule has 0 amide bonds. The Hall–Kier alpha value is -4.21. The van der Waals surface area contributed by atoms with Crippen LogP contribution in [0.1, 0.15) is 38.1 Å². The fourth-order valence-corrected chi connectivity index (χ4v) is 5.61. The average molecular weight is 563 g/mol. The van der Waals surface area contributed by atoms with E-state index in [1.54, 1.807) is 62.4 Å². The summed E-state index contributed by atoms with van der Waals surface area (Å²) in [4.78, 5) is 43.1. The number of ether oxygens (including phenoxy) is 2. The van der Waals surface area contributed by atoms with E-state index in [1.165, 1.54) is 22.8 Å². The van der Waals surface area contributed by atoms with Crippen LogP contribution in [0, 0.1) is 0 Å². The summed E-state index contributed by atoms with van der Waals surface area (Å²) >= 11 is 7.50. The number of fused-ring (bicyclic) bond motifs is 1. The Kier molecular flexibility index (Phi) is 7.36. The maximum absolute atomic E-state index is 13.8. The second-order valence-electron chi connectivity index (χ2n) is 8.65. The van der Waals surface area contributed by atoms with Crippen molar-refractivity contribution in [3.8, 4) is 17.1 Å². The number of carbonyl (C=O) groups is 2. The molecule has 1 atom stereocenters. The minimum atomic E-state index is -0.788. The molecular formula is C29H23ClN2O6S. The normalized spacial score (nSPS) is 15.1. The molecule has 1 aliphatic rings. The predicted octanol–water partition coefficient (Wildman–Crippen LogP) is 4.64. The number of benzene rings is 2. The van der Waals surface area contributed by atoms with Crippen molar-refractivity contribution in [3.05, 3.63) is 108 Å². The van der Waals surface area contributed by atoms with Crippen LogP contribution < -0.4 is 19.6 Å². The molecule has 0 fully saturated rings. The molecule has 0 aliphatic carbocycles. The molecule has 198 valence electrons. The van der Waals surface area contributed by atoms with Gasteiger partial charge in [-0.1, -0.05) is 47.2 Å². The largest absolute Gasteiger partial charge is 0.463 e. The molecular weight excluding hydrogens is 540 g/mol. The van der Waals surface area contributed by atoms with Crippen molar-refractivity contribution in [1.82, 2.24) is 4.57 Å². The number of hydrogen-bond donors (Lipinski definition) is 0. The first-order valence-corrected chi connectivity index (χ1v) is 13.3. The Balaban J connectivity index is 1.62. The van der Waals surface area contributed by atoms with E-state index in [4.69, 9.17) is 25.5 Å². The molecule has 2 aromatic carbocycles. The first kappa shape index (κ1) is 26.4. The van der Waals surface area contributed by atoms with Gasteiger partial charge in [0.15, 0.2) is 4.80 Å². The summed E-state index contributed by atoms with van der Waals surface area (Å²) in [5.74, 6) is 0.389. The van der Waals surface area contributed by atoms with Crippen molar-refractivity contribution in [2.45, 2.75) is 26.8 Å². The minimum absolute atomic E-state index is 0.171. The van der Waals surface area contributed by atoms with Crippen molar-refractivity contribution in [2.75, 3.05) is 6.61 Å². The summed E-state index contributed by atoms with van der Waals surface area (Å²) in [6.07, 6.45) is 1.65. The Morgan fingerprint density at radius 2 is 1.87 bits per heavy atom. The van der Waals surface area contributed by atoms with E-state index in [2.05, 4.69) is 4.99 Å². The Morgan fingerprint density at radius 3 is 2.56 bits per heavy atom.